The number of allylic oxidation sites excluding steroid dienone is 2. The van der Waals surface area contributed by atoms with E-state index in [4.69, 9.17) is 0 Å². The van der Waals surface area contributed by atoms with Crippen molar-refractivity contribution in [3.63, 3.8) is 0 Å². The smallest absolute Gasteiger partial charge is 0.0116 e. The van der Waals surface area contributed by atoms with Gasteiger partial charge < -0.3 is 0 Å². The van der Waals surface area contributed by atoms with Crippen LogP contribution in [0.4, 0.5) is 0 Å². The molecule has 0 aromatic carbocycles. The van der Waals surface area contributed by atoms with Crippen LogP contribution in [0, 0.1) is 35.0 Å². The second kappa shape index (κ2) is 5.39. The number of rotatable bonds is 7. The zero-order valence-electron chi connectivity index (χ0n) is 13.1. The Labute approximate surface area is 114 Å². The Morgan fingerprint density at radius 1 is 1.22 bits per heavy atom. The van der Waals surface area contributed by atoms with Crippen LogP contribution in [0.25, 0.3) is 0 Å². The molecule has 0 saturated heterocycles. The summed E-state index contributed by atoms with van der Waals surface area (Å²) < 4.78 is 0. The van der Waals surface area contributed by atoms with E-state index < -0.39 is 0 Å². The minimum atomic E-state index is 0.548. The molecule has 2 aliphatic rings. The zero-order valence-corrected chi connectivity index (χ0v) is 13.1. The maximum Gasteiger partial charge on any atom is -0.0116 e. The minimum absolute atomic E-state index is 0.548. The summed E-state index contributed by atoms with van der Waals surface area (Å²) in [6.07, 6.45) is 12.0. The summed E-state index contributed by atoms with van der Waals surface area (Å²) in [5.41, 5.74) is 0.548. The Bertz CT molecular complexity index is 299. The van der Waals surface area contributed by atoms with E-state index >= 15 is 0 Å². The fourth-order valence-corrected chi connectivity index (χ4v) is 4.36. The third kappa shape index (κ3) is 2.68. The molecule has 18 heavy (non-hydrogen) atoms. The Balaban J connectivity index is 1.84. The molecule has 0 nitrogen and oxygen atoms in total. The van der Waals surface area contributed by atoms with Crippen molar-refractivity contribution in [2.45, 2.75) is 66.7 Å². The molecular weight excluding hydrogens is 216 g/mol. The van der Waals surface area contributed by atoms with Gasteiger partial charge in [-0.3, -0.25) is 0 Å². The summed E-state index contributed by atoms with van der Waals surface area (Å²) in [5, 5.41) is 0. The number of hydrogen-bond donors (Lipinski definition) is 0. The molecule has 1 fully saturated rings. The van der Waals surface area contributed by atoms with Crippen molar-refractivity contribution in [2.24, 2.45) is 35.0 Å². The summed E-state index contributed by atoms with van der Waals surface area (Å²) in [5.74, 6) is 4.71. The Morgan fingerprint density at radius 3 is 2.44 bits per heavy atom. The molecule has 0 amide bonds. The summed E-state index contributed by atoms with van der Waals surface area (Å²) in [7, 11) is 0. The maximum atomic E-state index is 2.53. The quantitative estimate of drug-likeness (QED) is 0.508. The highest BCUT2D eigenvalue weighted by Crippen LogP contribution is 2.60. The molecule has 5 atom stereocenters. The lowest BCUT2D eigenvalue weighted by molar-refractivity contribution is 0.140. The molecule has 5 unspecified atom stereocenters. The predicted molar refractivity (Wildman–Crippen MR) is 80.5 cm³/mol. The van der Waals surface area contributed by atoms with Gasteiger partial charge in [0.25, 0.3) is 0 Å². The van der Waals surface area contributed by atoms with Crippen LogP contribution >= 0.6 is 0 Å². The third-order valence-electron chi connectivity index (χ3n) is 5.72. The summed E-state index contributed by atoms with van der Waals surface area (Å²) in [4.78, 5) is 0. The molecule has 0 heterocycles. The molecule has 2 aliphatic carbocycles. The van der Waals surface area contributed by atoms with E-state index in [1.165, 1.54) is 32.1 Å². The van der Waals surface area contributed by atoms with Gasteiger partial charge in [0, 0.05) is 0 Å². The molecule has 1 saturated carbocycles. The van der Waals surface area contributed by atoms with Crippen molar-refractivity contribution in [1.82, 2.24) is 0 Å². The SMILES string of the molecule is CCCC(C)CC1CC1C(C)(C)C1C=CC1CC. The van der Waals surface area contributed by atoms with Gasteiger partial charge in [0.1, 0.15) is 0 Å². The molecule has 0 N–H and O–H groups in total. The van der Waals surface area contributed by atoms with Gasteiger partial charge in [-0.2, -0.15) is 0 Å². The van der Waals surface area contributed by atoms with E-state index in [1.807, 2.05) is 0 Å². The fraction of sp³-hybridized carbons (Fsp3) is 0.889. The zero-order chi connectivity index (χ0) is 13.3. The highest BCUT2D eigenvalue weighted by molar-refractivity contribution is 5.16. The lowest BCUT2D eigenvalue weighted by Crippen LogP contribution is -2.35. The van der Waals surface area contributed by atoms with Gasteiger partial charge in [0.2, 0.25) is 0 Å². The minimum Gasteiger partial charge on any atom is -0.0845 e. The van der Waals surface area contributed by atoms with Crippen molar-refractivity contribution in [3.05, 3.63) is 12.2 Å². The van der Waals surface area contributed by atoms with Crippen molar-refractivity contribution >= 4 is 0 Å². The largest absolute Gasteiger partial charge is 0.0845 e. The van der Waals surface area contributed by atoms with Crippen molar-refractivity contribution in [3.8, 4) is 0 Å². The summed E-state index contributed by atoms with van der Waals surface area (Å²) in [6, 6.07) is 0. The van der Waals surface area contributed by atoms with Gasteiger partial charge in [-0.05, 0) is 54.3 Å². The lowest BCUT2D eigenvalue weighted by Gasteiger charge is -2.42. The van der Waals surface area contributed by atoms with E-state index in [1.54, 1.807) is 0 Å². The van der Waals surface area contributed by atoms with Crippen LogP contribution in [0.2, 0.25) is 0 Å². The fourth-order valence-electron chi connectivity index (χ4n) is 4.36. The van der Waals surface area contributed by atoms with E-state index in [0.717, 1.165) is 29.6 Å². The molecule has 0 bridgehead atoms. The first-order chi connectivity index (χ1) is 8.50. The second-order valence-corrected chi connectivity index (χ2v) is 7.54. The van der Waals surface area contributed by atoms with E-state index in [0.29, 0.717) is 5.41 Å². The first-order valence-electron chi connectivity index (χ1n) is 8.19. The van der Waals surface area contributed by atoms with Gasteiger partial charge in [-0.25, -0.2) is 0 Å². The lowest BCUT2D eigenvalue weighted by atomic mass is 9.62. The van der Waals surface area contributed by atoms with Gasteiger partial charge in [0.15, 0.2) is 0 Å². The highest BCUT2D eigenvalue weighted by atomic mass is 14.6. The highest BCUT2D eigenvalue weighted by Gasteiger charge is 2.52. The van der Waals surface area contributed by atoms with Crippen LogP contribution in [0.3, 0.4) is 0 Å². The maximum absolute atomic E-state index is 2.53. The number of hydrogen-bond acceptors (Lipinski definition) is 0. The van der Waals surface area contributed by atoms with Crippen molar-refractivity contribution in [1.29, 1.82) is 0 Å². The first kappa shape index (κ1) is 14.2. The van der Waals surface area contributed by atoms with Crippen LogP contribution < -0.4 is 0 Å². The molecular formula is C18H32. The Kier molecular flexibility index (Phi) is 4.24. The second-order valence-electron chi connectivity index (χ2n) is 7.54. The standard InChI is InChI=1S/C18H32/c1-6-8-13(3)11-15-12-17(15)18(4,5)16-10-9-14(16)7-2/h9-10,13-17H,6-8,11-12H2,1-5H3. The Morgan fingerprint density at radius 2 is 1.94 bits per heavy atom. The monoisotopic (exact) mass is 248 g/mol. The Hall–Kier alpha value is -0.260. The van der Waals surface area contributed by atoms with E-state index in [2.05, 4.69) is 46.8 Å². The molecule has 0 aromatic rings. The first-order valence-corrected chi connectivity index (χ1v) is 8.19. The van der Waals surface area contributed by atoms with E-state index in [9.17, 15) is 0 Å². The van der Waals surface area contributed by atoms with Crippen LogP contribution in [-0.4, -0.2) is 0 Å². The van der Waals surface area contributed by atoms with Crippen LogP contribution in [0.15, 0.2) is 12.2 Å². The third-order valence-corrected chi connectivity index (χ3v) is 5.72. The normalized spacial score (nSPS) is 36.3. The summed E-state index contributed by atoms with van der Waals surface area (Å²) >= 11 is 0. The van der Waals surface area contributed by atoms with Crippen LogP contribution in [0.5, 0.6) is 0 Å². The van der Waals surface area contributed by atoms with Gasteiger partial charge >= 0.3 is 0 Å². The topological polar surface area (TPSA) is 0 Å². The predicted octanol–water partition coefficient (Wildman–Crippen LogP) is 5.69. The van der Waals surface area contributed by atoms with Gasteiger partial charge in [-0.1, -0.05) is 59.6 Å². The van der Waals surface area contributed by atoms with E-state index in [-0.39, 0.29) is 0 Å². The molecule has 0 heteroatoms. The van der Waals surface area contributed by atoms with Gasteiger partial charge in [0.05, 0.1) is 0 Å². The average molecular weight is 248 g/mol. The van der Waals surface area contributed by atoms with Crippen LogP contribution in [-0.2, 0) is 0 Å². The molecule has 104 valence electrons. The van der Waals surface area contributed by atoms with Crippen molar-refractivity contribution in [2.75, 3.05) is 0 Å². The van der Waals surface area contributed by atoms with Gasteiger partial charge in [-0.15, -0.1) is 0 Å². The van der Waals surface area contributed by atoms with Crippen LogP contribution in [0.1, 0.15) is 66.7 Å². The van der Waals surface area contributed by atoms with Crippen molar-refractivity contribution < 1.29 is 0 Å². The summed E-state index contributed by atoms with van der Waals surface area (Å²) in [6.45, 7) is 12.2. The molecule has 0 aliphatic heterocycles. The molecule has 0 spiro atoms. The molecule has 2 rings (SSSR count). The molecule has 0 radical (unpaired) electrons. The average Bonchev–Trinajstić information content (AvgIpc) is 2.96. The molecule has 0 aromatic heterocycles.